The van der Waals surface area contributed by atoms with Crippen molar-refractivity contribution in [3.63, 3.8) is 0 Å². The Labute approximate surface area is 189 Å². The number of amides is 4. The molecule has 2 aromatic carbocycles. The molecule has 0 radical (unpaired) electrons. The van der Waals surface area contributed by atoms with E-state index in [2.05, 4.69) is 10.6 Å². The van der Waals surface area contributed by atoms with Gasteiger partial charge in [0.05, 0.1) is 12.0 Å². The van der Waals surface area contributed by atoms with Crippen LogP contribution in [-0.2, 0) is 27.3 Å². The second kappa shape index (κ2) is 10.2. The van der Waals surface area contributed by atoms with Crippen LogP contribution < -0.4 is 10.6 Å². The Kier molecular flexibility index (Phi) is 7.37. The Morgan fingerprint density at radius 2 is 1.97 bits per heavy atom. The molecular weight excluding hydrogens is 434 g/mol. The van der Waals surface area contributed by atoms with Crippen LogP contribution in [0.3, 0.4) is 0 Å². The average Bonchev–Trinajstić information content (AvgIpc) is 2.76. The molecule has 8 nitrogen and oxygen atoms in total. The first-order valence-electron chi connectivity index (χ1n) is 9.99. The zero-order chi connectivity index (χ0) is 23.3. The summed E-state index contributed by atoms with van der Waals surface area (Å²) in [5.74, 6) is -1.71. The molecule has 32 heavy (non-hydrogen) atoms. The number of nitrogens with one attached hydrogen (secondary N) is 2. The Morgan fingerprint density at radius 3 is 2.66 bits per heavy atom. The molecule has 0 bridgehead atoms. The second-order valence-corrected chi connectivity index (χ2v) is 7.90. The molecule has 2 aromatic rings. The summed E-state index contributed by atoms with van der Waals surface area (Å²) in [6, 6.07) is 10.9. The predicted molar refractivity (Wildman–Crippen MR) is 117 cm³/mol. The molecule has 1 aliphatic heterocycles. The number of likely N-dealkylation sites (N-methyl/N-ethyl adjacent to an activating group) is 1. The van der Waals surface area contributed by atoms with Crippen LogP contribution in [0.4, 0.5) is 0 Å². The van der Waals surface area contributed by atoms with Gasteiger partial charge in [-0.2, -0.15) is 0 Å². The van der Waals surface area contributed by atoms with Crippen molar-refractivity contribution < 1.29 is 24.0 Å². The third kappa shape index (κ3) is 5.39. The van der Waals surface area contributed by atoms with Crippen molar-refractivity contribution in [3.05, 3.63) is 69.7 Å². The highest BCUT2D eigenvalue weighted by molar-refractivity contribution is 6.30. The van der Waals surface area contributed by atoms with Crippen LogP contribution in [0.2, 0.25) is 5.02 Å². The van der Waals surface area contributed by atoms with E-state index in [1.165, 1.54) is 18.0 Å². The van der Waals surface area contributed by atoms with Crippen LogP contribution in [0.1, 0.15) is 44.7 Å². The summed E-state index contributed by atoms with van der Waals surface area (Å²) in [6.07, 6.45) is 1.02. The molecule has 4 amide bonds. The lowest BCUT2D eigenvalue weighted by Gasteiger charge is -2.30. The Balaban J connectivity index is 1.72. The van der Waals surface area contributed by atoms with Crippen molar-refractivity contribution in [2.75, 3.05) is 7.05 Å². The molecular formula is C23H22ClN3O5. The molecule has 0 saturated carbocycles. The van der Waals surface area contributed by atoms with E-state index < -0.39 is 17.9 Å². The van der Waals surface area contributed by atoms with Crippen molar-refractivity contribution in [3.8, 4) is 0 Å². The predicted octanol–water partition coefficient (Wildman–Crippen LogP) is 1.89. The normalized spacial score (nSPS) is 15.6. The zero-order valence-corrected chi connectivity index (χ0v) is 18.1. The van der Waals surface area contributed by atoms with Crippen molar-refractivity contribution in [1.29, 1.82) is 0 Å². The zero-order valence-electron chi connectivity index (χ0n) is 17.4. The van der Waals surface area contributed by atoms with E-state index in [1.807, 2.05) is 0 Å². The highest BCUT2D eigenvalue weighted by Gasteiger charge is 2.33. The van der Waals surface area contributed by atoms with E-state index in [4.69, 9.17) is 11.6 Å². The lowest BCUT2D eigenvalue weighted by atomic mass is 9.98. The van der Waals surface area contributed by atoms with Gasteiger partial charge in [-0.3, -0.25) is 29.3 Å². The fourth-order valence-electron chi connectivity index (χ4n) is 3.56. The fourth-order valence-corrected chi connectivity index (χ4v) is 3.78. The number of halogens is 1. The van der Waals surface area contributed by atoms with Gasteiger partial charge in [0.2, 0.25) is 17.7 Å². The smallest absolute Gasteiger partial charge is 0.255 e. The Morgan fingerprint density at radius 1 is 1.22 bits per heavy atom. The minimum absolute atomic E-state index is 0.0523. The minimum atomic E-state index is -0.805. The summed E-state index contributed by atoms with van der Waals surface area (Å²) >= 11 is 5.94. The number of carbonyl (C=O) groups is 5. The number of carbonyl (C=O) groups excluding carboxylic acids is 5. The maximum atomic E-state index is 13.0. The van der Waals surface area contributed by atoms with Crippen LogP contribution in [0.15, 0.2) is 42.5 Å². The second-order valence-electron chi connectivity index (χ2n) is 7.46. The van der Waals surface area contributed by atoms with Gasteiger partial charge < -0.3 is 10.2 Å². The van der Waals surface area contributed by atoms with Crippen LogP contribution in [-0.4, -0.2) is 47.9 Å². The first-order chi connectivity index (χ1) is 15.3. The van der Waals surface area contributed by atoms with Gasteiger partial charge in [-0.05, 0) is 35.7 Å². The van der Waals surface area contributed by atoms with E-state index in [0.29, 0.717) is 16.9 Å². The molecule has 1 fully saturated rings. The van der Waals surface area contributed by atoms with Crippen molar-refractivity contribution in [1.82, 2.24) is 15.5 Å². The fraction of sp³-hybridized carbons (Fsp3) is 0.261. The lowest BCUT2D eigenvalue weighted by molar-refractivity contribution is -0.136. The van der Waals surface area contributed by atoms with Crippen molar-refractivity contribution in [2.45, 2.75) is 31.8 Å². The van der Waals surface area contributed by atoms with E-state index in [-0.39, 0.29) is 48.7 Å². The summed E-state index contributed by atoms with van der Waals surface area (Å²) < 4.78 is 0. The van der Waals surface area contributed by atoms with Crippen LogP contribution in [0.25, 0.3) is 0 Å². The number of rotatable bonds is 7. The Bertz CT molecular complexity index is 1090. The topological polar surface area (TPSA) is 113 Å². The Hall–Kier alpha value is -3.52. The number of piperidine rings is 1. The number of nitrogens with zero attached hydrogens (tertiary/aromatic N) is 1. The number of benzene rings is 2. The van der Waals surface area contributed by atoms with Gasteiger partial charge in [0.1, 0.15) is 6.04 Å². The van der Waals surface area contributed by atoms with Gasteiger partial charge in [0, 0.05) is 30.6 Å². The number of imide groups is 1. The minimum Gasteiger partial charge on any atom is -0.352 e. The molecule has 3 rings (SSSR count). The first-order valence-corrected chi connectivity index (χ1v) is 10.4. The molecule has 0 aromatic heterocycles. The molecule has 166 valence electrons. The summed E-state index contributed by atoms with van der Waals surface area (Å²) in [5, 5.41) is 5.49. The van der Waals surface area contributed by atoms with Crippen molar-refractivity contribution >= 4 is 41.5 Å². The highest BCUT2D eigenvalue weighted by Crippen LogP contribution is 2.19. The van der Waals surface area contributed by atoms with E-state index in [1.54, 1.807) is 36.4 Å². The van der Waals surface area contributed by atoms with E-state index in [0.717, 1.165) is 5.56 Å². The number of hydrogen-bond acceptors (Lipinski definition) is 5. The summed E-state index contributed by atoms with van der Waals surface area (Å²) in [6.45, 7) is 0.0523. The first kappa shape index (κ1) is 23.1. The maximum absolute atomic E-state index is 13.0. The molecule has 1 aliphatic rings. The maximum Gasteiger partial charge on any atom is 0.255 e. The number of hydrogen-bond donors (Lipinski definition) is 2. The molecule has 0 aliphatic carbocycles. The molecule has 9 heteroatoms. The van der Waals surface area contributed by atoms with Gasteiger partial charge in [-0.25, -0.2) is 0 Å². The van der Waals surface area contributed by atoms with Crippen molar-refractivity contribution in [2.24, 2.45) is 0 Å². The van der Waals surface area contributed by atoms with Crippen LogP contribution in [0.5, 0.6) is 0 Å². The number of aldehydes is 1. The third-order valence-corrected chi connectivity index (χ3v) is 5.51. The third-order valence-electron chi connectivity index (χ3n) is 5.27. The van der Waals surface area contributed by atoms with Crippen LogP contribution >= 0.6 is 11.6 Å². The van der Waals surface area contributed by atoms with E-state index >= 15 is 0 Å². The quantitative estimate of drug-likeness (QED) is 0.489. The molecule has 0 spiro atoms. The van der Waals surface area contributed by atoms with Crippen LogP contribution in [0, 0.1) is 0 Å². The molecule has 1 atom stereocenters. The van der Waals surface area contributed by atoms with E-state index in [9.17, 15) is 24.0 Å². The SMILES string of the molecule is CN(C(=O)c1cccc(CNC(=O)Cc2cccc(Cl)c2)c1C=O)C1CCC(=O)NC1=O. The van der Waals surface area contributed by atoms with Gasteiger partial charge >= 0.3 is 0 Å². The molecule has 1 heterocycles. The lowest BCUT2D eigenvalue weighted by Crippen LogP contribution is -2.53. The summed E-state index contributed by atoms with van der Waals surface area (Å²) in [5.41, 5.74) is 1.48. The molecule has 2 N–H and O–H groups in total. The monoisotopic (exact) mass is 455 g/mol. The average molecular weight is 456 g/mol. The van der Waals surface area contributed by atoms with Gasteiger partial charge in [0.15, 0.2) is 6.29 Å². The molecule has 1 saturated heterocycles. The highest BCUT2D eigenvalue weighted by atomic mass is 35.5. The standard InChI is InChI=1S/C23H22ClN3O5/c1-27(19-8-9-20(29)26-22(19)31)23(32)17-7-3-5-15(18(17)13-28)12-25-21(30)11-14-4-2-6-16(24)10-14/h2-7,10,13,19H,8-9,11-12H2,1H3,(H,25,30)(H,26,29,31). The van der Waals surface area contributed by atoms with Gasteiger partial charge in [-0.1, -0.05) is 35.9 Å². The van der Waals surface area contributed by atoms with Gasteiger partial charge in [0.25, 0.3) is 5.91 Å². The van der Waals surface area contributed by atoms with Gasteiger partial charge in [-0.15, -0.1) is 0 Å². The summed E-state index contributed by atoms with van der Waals surface area (Å²) in [7, 11) is 1.45. The largest absolute Gasteiger partial charge is 0.352 e. The molecule has 1 unspecified atom stereocenters. The summed E-state index contributed by atoms with van der Waals surface area (Å²) in [4.78, 5) is 61.8.